The molecule has 0 atom stereocenters. The molecule has 1 amide bonds. The molecular weight excluding hydrogens is 292 g/mol. The zero-order valence-corrected chi connectivity index (χ0v) is 12.3. The molecular formula is C14H13ClN4O2. The topological polar surface area (TPSA) is 73.0 Å². The van der Waals surface area contributed by atoms with Crippen LogP contribution in [0, 0.1) is 0 Å². The summed E-state index contributed by atoms with van der Waals surface area (Å²) in [5.41, 5.74) is 1.65. The molecule has 3 heterocycles. The SMILES string of the molecule is CC(C)n1ncc2cc(NC(=O)c3ccoc3Cl)cnc21. The fourth-order valence-corrected chi connectivity index (χ4v) is 2.24. The molecule has 6 nitrogen and oxygen atoms in total. The molecule has 0 saturated carbocycles. The average Bonchev–Trinajstić information content (AvgIpc) is 3.04. The Morgan fingerprint density at radius 2 is 2.24 bits per heavy atom. The summed E-state index contributed by atoms with van der Waals surface area (Å²) in [4.78, 5) is 16.4. The minimum Gasteiger partial charge on any atom is -0.452 e. The lowest BCUT2D eigenvalue weighted by Crippen LogP contribution is -2.11. The monoisotopic (exact) mass is 304 g/mol. The molecule has 0 aliphatic rings. The van der Waals surface area contributed by atoms with E-state index >= 15 is 0 Å². The third-order valence-corrected chi connectivity index (χ3v) is 3.34. The standard InChI is InChI=1S/C14H13ClN4O2/c1-8(2)19-13-9(6-17-19)5-10(7-16-13)18-14(20)11-3-4-21-12(11)15/h3-8H,1-2H3,(H,18,20). The van der Waals surface area contributed by atoms with Crippen molar-refractivity contribution in [3.05, 3.63) is 41.6 Å². The van der Waals surface area contributed by atoms with Crippen molar-refractivity contribution in [2.45, 2.75) is 19.9 Å². The molecule has 0 fully saturated rings. The van der Waals surface area contributed by atoms with E-state index in [1.165, 1.54) is 12.3 Å². The lowest BCUT2D eigenvalue weighted by Gasteiger charge is -2.07. The number of furan rings is 1. The summed E-state index contributed by atoms with van der Waals surface area (Å²) < 4.78 is 6.73. The number of carbonyl (C=O) groups is 1. The van der Waals surface area contributed by atoms with E-state index < -0.39 is 0 Å². The van der Waals surface area contributed by atoms with Crippen molar-refractivity contribution in [1.82, 2.24) is 14.8 Å². The lowest BCUT2D eigenvalue weighted by atomic mass is 10.3. The van der Waals surface area contributed by atoms with Gasteiger partial charge in [0.25, 0.3) is 5.91 Å². The highest BCUT2D eigenvalue weighted by atomic mass is 35.5. The fraction of sp³-hybridized carbons (Fsp3) is 0.214. The van der Waals surface area contributed by atoms with Gasteiger partial charge in [-0.25, -0.2) is 9.67 Å². The number of carbonyl (C=O) groups excluding carboxylic acids is 1. The van der Waals surface area contributed by atoms with Crippen molar-refractivity contribution in [3.63, 3.8) is 0 Å². The molecule has 0 spiro atoms. The maximum atomic E-state index is 12.0. The Balaban J connectivity index is 1.88. The van der Waals surface area contributed by atoms with Gasteiger partial charge in [-0.1, -0.05) is 0 Å². The van der Waals surface area contributed by atoms with Crippen molar-refractivity contribution in [2.75, 3.05) is 5.32 Å². The van der Waals surface area contributed by atoms with E-state index in [1.54, 1.807) is 12.4 Å². The number of anilines is 1. The van der Waals surface area contributed by atoms with E-state index in [2.05, 4.69) is 15.4 Å². The second-order valence-electron chi connectivity index (χ2n) is 4.88. The van der Waals surface area contributed by atoms with Crippen molar-refractivity contribution in [1.29, 1.82) is 0 Å². The van der Waals surface area contributed by atoms with Crippen LogP contribution in [-0.2, 0) is 0 Å². The van der Waals surface area contributed by atoms with E-state index in [4.69, 9.17) is 16.0 Å². The van der Waals surface area contributed by atoms with Gasteiger partial charge in [0.15, 0.2) is 5.65 Å². The number of halogens is 1. The average molecular weight is 305 g/mol. The molecule has 0 unspecified atom stereocenters. The van der Waals surface area contributed by atoms with Gasteiger partial charge >= 0.3 is 0 Å². The van der Waals surface area contributed by atoms with Crippen LogP contribution in [0.1, 0.15) is 30.2 Å². The van der Waals surface area contributed by atoms with Crippen LogP contribution in [0.4, 0.5) is 5.69 Å². The third kappa shape index (κ3) is 2.50. The molecule has 0 saturated heterocycles. The van der Waals surface area contributed by atoms with Gasteiger partial charge in [-0.3, -0.25) is 4.79 Å². The number of fused-ring (bicyclic) bond motifs is 1. The maximum Gasteiger partial charge on any atom is 0.260 e. The molecule has 3 rings (SSSR count). The highest BCUT2D eigenvalue weighted by Crippen LogP contribution is 2.21. The Labute approximate surface area is 125 Å². The number of hydrogen-bond donors (Lipinski definition) is 1. The molecule has 3 aromatic rings. The summed E-state index contributed by atoms with van der Waals surface area (Å²) in [6.07, 6.45) is 4.68. The first-order valence-corrected chi connectivity index (χ1v) is 6.81. The van der Waals surface area contributed by atoms with Gasteiger partial charge in [0.1, 0.15) is 0 Å². The second-order valence-corrected chi connectivity index (χ2v) is 5.23. The maximum absolute atomic E-state index is 12.0. The van der Waals surface area contributed by atoms with E-state index in [0.717, 1.165) is 11.0 Å². The van der Waals surface area contributed by atoms with Crippen molar-refractivity contribution in [3.8, 4) is 0 Å². The lowest BCUT2D eigenvalue weighted by molar-refractivity contribution is 0.102. The van der Waals surface area contributed by atoms with Crippen LogP contribution < -0.4 is 5.32 Å². The molecule has 0 aliphatic carbocycles. The molecule has 0 bridgehead atoms. The summed E-state index contributed by atoms with van der Waals surface area (Å²) in [6.45, 7) is 4.06. The Bertz CT molecular complexity index is 806. The Morgan fingerprint density at radius 1 is 1.43 bits per heavy atom. The van der Waals surface area contributed by atoms with Crippen LogP contribution in [0.5, 0.6) is 0 Å². The Kier molecular flexibility index (Phi) is 3.39. The first-order valence-electron chi connectivity index (χ1n) is 6.44. The van der Waals surface area contributed by atoms with Crippen LogP contribution >= 0.6 is 11.6 Å². The van der Waals surface area contributed by atoms with Crippen molar-refractivity contribution >= 4 is 34.2 Å². The molecule has 0 radical (unpaired) electrons. The number of aromatic nitrogens is 3. The van der Waals surface area contributed by atoms with Crippen molar-refractivity contribution < 1.29 is 9.21 Å². The second kappa shape index (κ2) is 5.21. The minimum atomic E-state index is -0.342. The largest absolute Gasteiger partial charge is 0.452 e. The predicted octanol–water partition coefficient (Wildman–Crippen LogP) is 3.51. The zero-order valence-electron chi connectivity index (χ0n) is 11.5. The van der Waals surface area contributed by atoms with Crippen LogP contribution in [0.2, 0.25) is 5.22 Å². The van der Waals surface area contributed by atoms with Crippen molar-refractivity contribution in [2.24, 2.45) is 0 Å². The Hall–Kier alpha value is -2.34. The van der Waals surface area contributed by atoms with Crippen LogP contribution in [0.3, 0.4) is 0 Å². The smallest absolute Gasteiger partial charge is 0.260 e. The van der Waals surface area contributed by atoms with E-state index in [1.807, 2.05) is 24.6 Å². The first-order chi connectivity index (χ1) is 10.1. The van der Waals surface area contributed by atoms with Crippen LogP contribution in [-0.4, -0.2) is 20.7 Å². The van der Waals surface area contributed by atoms with E-state index in [-0.39, 0.29) is 22.7 Å². The quantitative estimate of drug-likeness (QED) is 0.803. The highest BCUT2D eigenvalue weighted by Gasteiger charge is 2.14. The summed E-state index contributed by atoms with van der Waals surface area (Å²) in [5.74, 6) is -0.342. The summed E-state index contributed by atoms with van der Waals surface area (Å²) in [5, 5.41) is 7.94. The normalized spacial score (nSPS) is 11.2. The number of pyridine rings is 1. The number of nitrogens with zero attached hydrogens (tertiary/aromatic N) is 3. The number of amides is 1. The molecule has 0 aliphatic heterocycles. The summed E-state index contributed by atoms with van der Waals surface area (Å²) >= 11 is 5.78. The molecule has 3 aromatic heterocycles. The number of rotatable bonds is 3. The van der Waals surface area contributed by atoms with Gasteiger partial charge < -0.3 is 9.73 Å². The molecule has 1 N–H and O–H groups in total. The minimum absolute atomic E-state index is 0.0640. The van der Waals surface area contributed by atoms with Gasteiger partial charge in [-0.2, -0.15) is 5.10 Å². The molecule has 21 heavy (non-hydrogen) atoms. The zero-order chi connectivity index (χ0) is 15.0. The molecule has 7 heteroatoms. The predicted molar refractivity (Wildman–Crippen MR) is 79.6 cm³/mol. The first kappa shape index (κ1) is 13.6. The van der Waals surface area contributed by atoms with Gasteiger partial charge in [0, 0.05) is 11.4 Å². The Morgan fingerprint density at radius 3 is 2.90 bits per heavy atom. The molecule has 108 valence electrons. The molecule has 0 aromatic carbocycles. The van der Waals surface area contributed by atoms with Gasteiger partial charge in [-0.05, 0) is 37.6 Å². The van der Waals surface area contributed by atoms with E-state index in [9.17, 15) is 4.79 Å². The number of nitrogens with one attached hydrogen (secondary N) is 1. The van der Waals surface area contributed by atoms with Crippen LogP contribution in [0.25, 0.3) is 11.0 Å². The number of hydrogen-bond acceptors (Lipinski definition) is 4. The third-order valence-electron chi connectivity index (χ3n) is 3.04. The van der Waals surface area contributed by atoms with E-state index in [0.29, 0.717) is 5.69 Å². The van der Waals surface area contributed by atoms with Gasteiger partial charge in [0.05, 0.1) is 29.9 Å². The summed E-state index contributed by atoms with van der Waals surface area (Å²) in [6, 6.07) is 3.56. The fourth-order valence-electron chi connectivity index (χ4n) is 2.04. The summed E-state index contributed by atoms with van der Waals surface area (Å²) in [7, 11) is 0. The highest BCUT2D eigenvalue weighted by molar-refractivity contribution is 6.32. The van der Waals surface area contributed by atoms with Gasteiger partial charge in [-0.15, -0.1) is 0 Å². The van der Waals surface area contributed by atoms with Gasteiger partial charge in [0.2, 0.25) is 5.22 Å². The van der Waals surface area contributed by atoms with Crippen LogP contribution in [0.15, 0.2) is 35.2 Å².